The number of carbonyl (C=O) groups is 1. The number of nitrogens with zero attached hydrogens (tertiary/aromatic N) is 3. The minimum Gasteiger partial charge on any atom is -0.383 e. The molecule has 112 valence electrons. The van der Waals surface area contributed by atoms with Gasteiger partial charge in [-0.3, -0.25) is 5.10 Å². The van der Waals surface area contributed by atoms with Crippen LogP contribution in [-0.4, -0.2) is 67.6 Å². The van der Waals surface area contributed by atoms with E-state index >= 15 is 0 Å². The quantitative estimate of drug-likeness (QED) is 0.789. The third-order valence-corrected chi connectivity index (χ3v) is 3.55. The number of methoxy groups -OCH3 is 1. The molecular formula is C13H23N5O2. The number of urea groups is 1. The monoisotopic (exact) mass is 281 g/mol. The fourth-order valence-electron chi connectivity index (χ4n) is 2.52. The zero-order valence-corrected chi connectivity index (χ0v) is 12.4. The summed E-state index contributed by atoms with van der Waals surface area (Å²) in [6.07, 6.45) is 0. The third-order valence-electron chi connectivity index (χ3n) is 3.55. The molecule has 0 saturated carbocycles. The summed E-state index contributed by atoms with van der Waals surface area (Å²) in [7, 11) is 1.63. The number of H-pyrrole nitrogens is 1. The van der Waals surface area contributed by atoms with Gasteiger partial charge in [0.05, 0.1) is 23.7 Å². The predicted molar refractivity (Wildman–Crippen MR) is 77.1 cm³/mol. The van der Waals surface area contributed by atoms with Crippen molar-refractivity contribution in [3.05, 3.63) is 11.4 Å². The molecule has 1 aliphatic rings. The zero-order chi connectivity index (χ0) is 14.5. The normalized spacial score (nSPS) is 15.6. The number of aryl methyl sites for hydroxylation is 2. The number of carbonyl (C=O) groups excluding carboxylic acids is 1. The summed E-state index contributed by atoms with van der Waals surface area (Å²) in [6.45, 7) is 8.24. The van der Waals surface area contributed by atoms with Gasteiger partial charge in [-0.05, 0) is 13.8 Å². The van der Waals surface area contributed by atoms with Crippen LogP contribution in [0.2, 0.25) is 0 Å². The van der Waals surface area contributed by atoms with E-state index in [1.807, 2.05) is 18.7 Å². The van der Waals surface area contributed by atoms with Crippen molar-refractivity contribution >= 4 is 11.7 Å². The number of amides is 2. The standard InChI is InChI=1S/C13H23N5O2/c1-10-12(11(2)16-15-10)17-5-7-18(8-6-17)13(19)14-4-9-20-3/h4-9H2,1-3H3,(H,14,19)(H,15,16). The van der Waals surface area contributed by atoms with Crippen molar-refractivity contribution in [2.75, 3.05) is 51.3 Å². The van der Waals surface area contributed by atoms with Crippen molar-refractivity contribution < 1.29 is 9.53 Å². The van der Waals surface area contributed by atoms with Crippen LogP contribution in [0.5, 0.6) is 0 Å². The smallest absolute Gasteiger partial charge is 0.317 e. The van der Waals surface area contributed by atoms with Gasteiger partial charge in [-0.1, -0.05) is 0 Å². The maximum atomic E-state index is 11.9. The Morgan fingerprint density at radius 2 is 2.05 bits per heavy atom. The highest BCUT2D eigenvalue weighted by Gasteiger charge is 2.23. The first-order valence-corrected chi connectivity index (χ1v) is 6.91. The van der Waals surface area contributed by atoms with Crippen molar-refractivity contribution in [2.24, 2.45) is 0 Å². The van der Waals surface area contributed by atoms with Gasteiger partial charge >= 0.3 is 6.03 Å². The Labute approximate surface area is 119 Å². The summed E-state index contributed by atoms with van der Waals surface area (Å²) in [5.41, 5.74) is 3.27. The predicted octanol–water partition coefficient (Wildman–Crippen LogP) is 0.505. The average molecular weight is 281 g/mol. The second-order valence-corrected chi connectivity index (χ2v) is 4.98. The number of anilines is 1. The number of piperazine rings is 1. The van der Waals surface area contributed by atoms with Gasteiger partial charge in [-0.25, -0.2) is 4.79 Å². The van der Waals surface area contributed by atoms with Crippen LogP contribution in [0, 0.1) is 13.8 Å². The van der Waals surface area contributed by atoms with Gasteiger partial charge in [0.2, 0.25) is 0 Å². The summed E-state index contributed by atoms with van der Waals surface area (Å²) in [5.74, 6) is 0. The lowest BCUT2D eigenvalue weighted by Crippen LogP contribution is -2.52. The molecule has 2 N–H and O–H groups in total. The molecule has 0 spiro atoms. The van der Waals surface area contributed by atoms with Crippen molar-refractivity contribution in [3.63, 3.8) is 0 Å². The molecule has 0 aliphatic carbocycles. The lowest BCUT2D eigenvalue weighted by molar-refractivity contribution is 0.177. The van der Waals surface area contributed by atoms with E-state index in [9.17, 15) is 4.79 Å². The van der Waals surface area contributed by atoms with Crippen LogP contribution in [0.4, 0.5) is 10.5 Å². The topological polar surface area (TPSA) is 73.5 Å². The molecule has 20 heavy (non-hydrogen) atoms. The molecule has 7 nitrogen and oxygen atoms in total. The number of ether oxygens (including phenoxy) is 1. The minimum atomic E-state index is -0.0117. The Morgan fingerprint density at radius 1 is 1.35 bits per heavy atom. The van der Waals surface area contributed by atoms with E-state index in [1.54, 1.807) is 7.11 Å². The van der Waals surface area contributed by atoms with Crippen LogP contribution in [0.3, 0.4) is 0 Å². The highest BCUT2D eigenvalue weighted by molar-refractivity contribution is 5.74. The summed E-state index contributed by atoms with van der Waals surface area (Å²) in [5, 5.41) is 10.1. The SMILES string of the molecule is COCCNC(=O)N1CCN(c2c(C)n[nH]c2C)CC1. The molecule has 1 saturated heterocycles. The van der Waals surface area contributed by atoms with E-state index < -0.39 is 0 Å². The molecule has 2 heterocycles. The maximum Gasteiger partial charge on any atom is 0.317 e. The Balaban J connectivity index is 1.85. The molecule has 1 fully saturated rings. The number of hydrogen-bond donors (Lipinski definition) is 2. The van der Waals surface area contributed by atoms with Crippen molar-refractivity contribution in [1.82, 2.24) is 20.4 Å². The Morgan fingerprint density at radius 3 is 2.60 bits per heavy atom. The second-order valence-electron chi connectivity index (χ2n) is 4.98. The summed E-state index contributed by atoms with van der Waals surface area (Å²) < 4.78 is 4.92. The first-order valence-electron chi connectivity index (χ1n) is 6.91. The van der Waals surface area contributed by atoms with Gasteiger partial charge in [0.25, 0.3) is 0 Å². The Bertz CT molecular complexity index is 432. The molecule has 0 bridgehead atoms. The zero-order valence-electron chi connectivity index (χ0n) is 12.4. The first kappa shape index (κ1) is 14.6. The molecule has 1 aromatic rings. The van der Waals surface area contributed by atoms with Gasteiger partial charge < -0.3 is 19.9 Å². The van der Waals surface area contributed by atoms with Crippen molar-refractivity contribution in [2.45, 2.75) is 13.8 Å². The van der Waals surface area contributed by atoms with Gasteiger partial charge in [0, 0.05) is 39.8 Å². The lowest BCUT2D eigenvalue weighted by atomic mass is 10.2. The summed E-state index contributed by atoms with van der Waals surface area (Å²) in [4.78, 5) is 16.1. The van der Waals surface area contributed by atoms with Gasteiger partial charge in [-0.15, -0.1) is 0 Å². The molecule has 0 atom stereocenters. The Hall–Kier alpha value is -1.76. The highest BCUT2D eigenvalue weighted by atomic mass is 16.5. The Kier molecular flexibility index (Phi) is 4.84. The van der Waals surface area contributed by atoms with E-state index in [4.69, 9.17) is 4.74 Å². The van der Waals surface area contributed by atoms with Gasteiger partial charge in [0.15, 0.2) is 0 Å². The second kappa shape index (κ2) is 6.60. The van der Waals surface area contributed by atoms with Crippen LogP contribution in [0.1, 0.15) is 11.4 Å². The number of nitrogens with one attached hydrogen (secondary N) is 2. The molecule has 2 amide bonds. The van der Waals surface area contributed by atoms with Crippen molar-refractivity contribution in [3.8, 4) is 0 Å². The lowest BCUT2D eigenvalue weighted by Gasteiger charge is -2.36. The summed E-state index contributed by atoms with van der Waals surface area (Å²) in [6, 6.07) is -0.0117. The van der Waals surface area contributed by atoms with E-state index in [1.165, 1.54) is 5.69 Å². The number of rotatable bonds is 4. The highest BCUT2D eigenvalue weighted by Crippen LogP contribution is 2.23. The molecule has 1 aromatic heterocycles. The number of aromatic amines is 1. The van der Waals surface area contributed by atoms with Crippen LogP contribution in [-0.2, 0) is 4.74 Å². The average Bonchev–Trinajstić information content (AvgIpc) is 2.78. The molecule has 1 aliphatic heterocycles. The molecular weight excluding hydrogens is 258 g/mol. The molecule has 0 aromatic carbocycles. The minimum absolute atomic E-state index is 0.0117. The fraction of sp³-hybridized carbons (Fsp3) is 0.692. The maximum absolute atomic E-state index is 11.9. The molecule has 0 radical (unpaired) electrons. The van der Waals surface area contributed by atoms with E-state index in [2.05, 4.69) is 20.4 Å². The first-order chi connectivity index (χ1) is 9.63. The van der Waals surface area contributed by atoms with E-state index in [-0.39, 0.29) is 6.03 Å². The largest absolute Gasteiger partial charge is 0.383 e. The van der Waals surface area contributed by atoms with Crippen LogP contribution in [0.15, 0.2) is 0 Å². The summed E-state index contributed by atoms with van der Waals surface area (Å²) >= 11 is 0. The van der Waals surface area contributed by atoms with Crippen LogP contribution < -0.4 is 10.2 Å². The van der Waals surface area contributed by atoms with Gasteiger partial charge in [0.1, 0.15) is 0 Å². The third kappa shape index (κ3) is 3.22. The fourth-order valence-corrected chi connectivity index (χ4v) is 2.52. The van der Waals surface area contributed by atoms with Crippen LogP contribution in [0.25, 0.3) is 0 Å². The number of aromatic nitrogens is 2. The molecule has 2 rings (SSSR count). The number of hydrogen-bond acceptors (Lipinski definition) is 4. The van der Waals surface area contributed by atoms with E-state index in [0.29, 0.717) is 13.2 Å². The van der Waals surface area contributed by atoms with Gasteiger partial charge in [-0.2, -0.15) is 5.10 Å². The van der Waals surface area contributed by atoms with Crippen molar-refractivity contribution in [1.29, 1.82) is 0 Å². The van der Waals surface area contributed by atoms with E-state index in [0.717, 1.165) is 37.6 Å². The van der Waals surface area contributed by atoms with Crippen LogP contribution >= 0.6 is 0 Å². The molecule has 7 heteroatoms. The molecule has 0 unspecified atom stereocenters.